The number of unbranched alkanes of at least 4 members (excludes halogenated alkanes) is 8. The second kappa shape index (κ2) is 38.7. The van der Waals surface area contributed by atoms with E-state index in [1.54, 1.807) is 12.2 Å². The first-order chi connectivity index (χ1) is 27.1. The summed E-state index contributed by atoms with van der Waals surface area (Å²) in [5, 5.41) is 18.3. The standard InChI is InChI=1S/C44H71O11P/c1-3-5-7-8-9-10-11-12-13-14-17-20-23-26-30-34-43(48)52-38-42(39-54-56(50,51)53-37-41(47)36-45)55-44(49)35-31-27-24-21-18-15-16-19-22-25-29-33-40(46)32-28-6-4-2/h9-10,12-13,15-17,20-22,24-25,29,33,41-42,45,47H,3-8,11,14,18-19,23,26-28,30-32,34-39H2,1-2H3,(H,50,51)/b10-9-,13-12-,16-15-,20-17-,24-21-,25-22-,33-29+/t41-,42+/m0/s1. The van der Waals surface area contributed by atoms with Crippen molar-refractivity contribution in [3.63, 3.8) is 0 Å². The molecule has 0 aromatic carbocycles. The Kier molecular flexibility index (Phi) is 36.5. The van der Waals surface area contributed by atoms with Crippen molar-refractivity contribution >= 4 is 25.5 Å². The van der Waals surface area contributed by atoms with E-state index < -0.39 is 51.8 Å². The van der Waals surface area contributed by atoms with Crippen LogP contribution in [-0.4, -0.2) is 71.5 Å². The van der Waals surface area contributed by atoms with Gasteiger partial charge in [-0.1, -0.05) is 119 Å². The lowest BCUT2D eigenvalue weighted by molar-refractivity contribution is -0.161. The number of phosphoric ester groups is 1. The molecule has 0 aromatic rings. The number of hydrogen-bond donors (Lipinski definition) is 3. The van der Waals surface area contributed by atoms with Crippen LogP contribution >= 0.6 is 7.82 Å². The average Bonchev–Trinajstić information content (AvgIpc) is 3.18. The van der Waals surface area contributed by atoms with Crippen LogP contribution in [0.25, 0.3) is 0 Å². The first kappa shape index (κ1) is 52.8. The van der Waals surface area contributed by atoms with Crippen molar-refractivity contribution in [1.29, 1.82) is 0 Å². The number of ether oxygens (including phenoxy) is 2. The molecule has 0 rings (SSSR count). The van der Waals surface area contributed by atoms with Gasteiger partial charge in [-0.05, 0) is 83.1 Å². The average molecular weight is 807 g/mol. The van der Waals surface area contributed by atoms with Crippen LogP contribution in [-0.2, 0) is 37.5 Å². The monoisotopic (exact) mass is 806 g/mol. The minimum absolute atomic E-state index is 0.0690. The van der Waals surface area contributed by atoms with E-state index in [9.17, 15) is 28.9 Å². The molecule has 0 saturated heterocycles. The lowest BCUT2D eigenvalue weighted by Gasteiger charge is -2.20. The fourth-order valence-corrected chi connectivity index (χ4v) is 5.56. The van der Waals surface area contributed by atoms with Crippen molar-refractivity contribution in [2.24, 2.45) is 0 Å². The molecule has 0 fully saturated rings. The van der Waals surface area contributed by atoms with E-state index in [1.807, 2.05) is 36.5 Å². The Morgan fingerprint density at radius 2 is 1.09 bits per heavy atom. The van der Waals surface area contributed by atoms with Crippen molar-refractivity contribution in [1.82, 2.24) is 0 Å². The molecule has 0 aliphatic rings. The van der Waals surface area contributed by atoms with E-state index in [1.165, 1.54) is 19.3 Å². The number of aliphatic hydroxyl groups excluding tert-OH is 2. The quantitative estimate of drug-likeness (QED) is 0.0137. The summed E-state index contributed by atoms with van der Waals surface area (Å²) in [6.07, 6.45) is 41.1. The summed E-state index contributed by atoms with van der Waals surface area (Å²) in [5.41, 5.74) is 0. The Labute approximate surface area is 336 Å². The van der Waals surface area contributed by atoms with Gasteiger partial charge in [-0.3, -0.25) is 23.4 Å². The van der Waals surface area contributed by atoms with Crippen LogP contribution in [0.5, 0.6) is 0 Å². The summed E-state index contributed by atoms with van der Waals surface area (Å²) >= 11 is 0. The lowest BCUT2D eigenvalue weighted by Crippen LogP contribution is -2.29. The Hall–Kier alpha value is -3.18. The highest BCUT2D eigenvalue weighted by Crippen LogP contribution is 2.43. The second-order valence-corrected chi connectivity index (χ2v) is 14.8. The number of aliphatic hydroxyl groups is 2. The molecular weight excluding hydrogens is 735 g/mol. The molecular formula is C44H71O11P. The fraction of sp³-hybridized carbons (Fsp3) is 0.614. The molecule has 0 aliphatic carbocycles. The number of carbonyl (C=O) groups is 3. The van der Waals surface area contributed by atoms with E-state index in [0.717, 1.165) is 64.2 Å². The van der Waals surface area contributed by atoms with Gasteiger partial charge in [-0.25, -0.2) is 4.57 Å². The molecule has 0 radical (unpaired) electrons. The molecule has 0 aliphatic heterocycles. The van der Waals surface area contributed by atoms with Crippen molar-refractivity contribution in [2.45, 2.75) is 148 Å². The lowest BCUT2D eigenvalue weighted by atomic mass is 10.1. The zero-order chi connectivity index (χ0) is 41.4. The Balaban J connectivity index is 4.56. The Morgan fingerprint density at radius 1 is 0.589 bits per heavy atom. The van der Waals surface area contributed by atoms with Gasteiger partial charge in [0.15, 0.2) is 11.9 Å². The van der Waals surface area contributed by atoms with Crippen LogP contribution in [0.15, 0.2) is 85.1 Å². The van der Waals surface area contributed by atoms with E-state index in [4.69, 9.17) is 19.1 Å². The largest absolute Gasteiger partial charge is 0.472 e. The van der Waals surface area contributed by atoms with Gasteiger partial charge in [0.2, 0.25) is 0 Å². The van der Waals surface area contributed by atoms with Crippen molar-refractivity contribution in [2.75, 3.05) is 26.4 Å². The molecule has 11 nitrogen and oxygen atoms in total. The SMILES string of the molecule is CCCCC/C=C\C/C=C\C/C=C\CCCCC(=O)OC[C@H](COP(=O)(O)OC[C@@H](O)CO)OC(=O)CCC/C=C\C/C=C\C/C=C\C=C\C(=O)CCCCC. The zero-order valence-corrected chi connectivity index (χ0v) is 35.0. The number of rotatable bonds is 37. The number of hydrogen-bond acceptors (Lipinski definition) is 10. The normalized spacial score (nSPS) is 14.7. The highest BCUT2D eigenvalue weighted by Gasteiger charge is 2.27. The summed E-state index contributed by atoms with van der Waals surface area (Å²) in [6, 6.07) is 0. The van der Waals surface area contributed by atoms with Gasteiger partial charge in [0.25, 0.3) is 0 Å². The molecule has 1 unspecified atom stereocenters. The minimum Gasteiger partial charge on any atom is -0.462 e. The molecule has 0 bridgehead atoms. The zero-order valence-electron chi connectivity index (χ0n) is 34.1. The molecule has 0 saturated carbocycles. The Bertz CT molecular complexity index is 1270. The third kappa shape index (κ3) is 37.7. The third-order valence-corrected chi connectivity index (χ3v) is 8.95. The fourth-order valence-electron chi connectivity index (χ4n) is 4.77. The predicted molar refractivity (Wildman–Crippen MR) is 224 cm³/mol. The molecule has 56 heavy (non-hydrogen) atoms. The van der Waals surface area contributed by atoms with Crippen molar-refractivity contribution in [3.8, 4) is 0 Å². The van der Waals surface area contributed by atoms with E-state index in [-0.39, 0.29) is 25.2 Å². The van der Waals surface area contributed by atoms with Crippen LogP contribution < -0.4 is 0 Å². The van der Waals surface area contributed by atoms with Crippen LogP contribution in [0.3, 0.4) is 0 Å². The summed E-state index contributed by atoms with van der Waals surface area (Å²) in [7, 11) is -4.66. The first-order valence-corrected chi connectivity index (χ1v) is 22.0. The molecule has 0 spiro atoms. The van der Waals surface area contributed by atoms with E-state index in [0.29, 0.717) is 25.7 Å². The smallest absolute Gasteiger partial charge is 0.462 e. The molecule has 3 atom stereocenters. The van der Waals surface area contributed by atoms with Crippen LogP contribution in [0.1, 0.15) is 136 Å². The molecule has 0 aromatic heterocycles. The van der Waals surface area contributed by atoms with Crippen LogP contribution in [0.2, 0.25) is 0 Å². The maximum Gasteiger partial charge on any atom is 0.472 e. The number of allylic oxidation sites excluding steroid dienone is 14. The number of phosphoric acid groups is 1. The van der Waals surface area contributed by atoms with Gasteiger partial charge in [0, 0.05) is 19.3 Å². The molecule has 3 N–H and O–H groups in total. The van der Waals surface area contributed by atoms with Crippen LogP contribution in [0, 0.1) is 0 Å². The third-order valence-electron chi connectivity index (χ3n) is 8.00. The molecule has 12 heteroatoms. The topological polar surface area (TPSA) is 166 Å². The summed E-state index contributed by atoms with van der Waals surface area (Å²) in [5.74, 6) is -0.928. The van der Waals surface area contributed by atoms with Gasteiger partial charge in [-0.2, -0.15) is 0 Å². The second-order valence-electron chi connectivity index (χ2n) is 13.3. The summed E-state index contributed by atoms with van der Waals surface area (Å²) in [6.45, 7) is 2.03. The highest BCUT2D eigenvalue weighted by molar-refractivity contribution is 7.47. The van der Waals surface area contributed by atoms with Crippen molar-refractivity contribution in [3.05, 3.63) is 85.1 Å². The van der Waals surface area contributed by atoms with Crippen LogP contribution in [0.4, 0.5) is 0 Å². The molecule has 318 valence electrons. The summed E-state index contributed by atoms with van der Waals surface area (Å²) in [4.78, 5) is 46.6. The van der Waals surface area contributed by atoms with E-state index >= 15 is 0 Å². The number of esters is 2. The highest BCUT2D eigenvalue weighted by atomic mass is 31.2. The predicted octanol–water partition coefficient (Wildman–Crippen LogP) is 9.84. The molecule has 0 amide bonds. The first-order valence-electron chi connectivity index (χ1n) is 20.5. The van der Waals surface area contributed by atoms with Gasteiger partial charge >= 0.3 is 19.8 Å². The van der Waals surface area contributed by atoms with E-state index in [2.05, 4.69) is 54.8 Å². The van der Waals surface area contributed by atoms with Gasteiger partial charge in [0.05, 0.1) is 19.8 Å². The Morgan fingerprint density at radius 3 is 1.70 bits per heavy atom. The minimum atomic E-state index is -4.66. The van der Waals surface area contributed by atoms with Gasteiger partial charge in [-0.15, -0.1) is 0 Å². The van der Waals surface area contributed by atoms with Gasteiger partial charge in [0.1, 0.15) is 12.7 Å². The number of ketones is 1. The maximum atomic E-state index is 12.6. The van der Waals surface area contributed by atoms with Crippen molar-refractivity contribution < 1.29 is 52.6 Å². The van der Waals surface area contributed by atoms with Gasteiger partial charge < -0.3 is 24.6 Å². The summed E-state index contributed by atoms with van der Waals surface area (Å²) < 4.78 is 32.5. The number of carbonyl (C=O) groups excluding carboxylic acids is 3. The molecule has 0 heterocycles. The maximum absolute atomic E-state index is 12.6.